The number of aromatic nitrogens is 2. The molecule has 2 aromatic rings. The van der Waals surface area contributed by atoms with Crippen LogP contribution in [0.1, 0.15) is 36.5 Å². The van der Waals surface area contributed by atoms with Crippen LogP contribution >= 0.6 is 0 Å². The Morgan fingerprint density at radius 1 is 1.33 bits per heavy atom. The highest BCUT2D eigenvalue weighted by atomic mass is 16.2. The lowest BCUT2D eigenvalue weighted by Gasteiger charge is -2.35. The summed E-state index contributed by atoms with van der Waals surface area (Å²) in [5, 5.41) is 7.82. The van der Waals surface area contributed by atoms with Crippen LogP contribution in [0.2, 0.25) is 0 Å². The summed E-state index contributed by atoms with van der Waals surface area (Å²) in [5.74, 6) is 0.456. The smallest absolute Gasteiger partial charge is 0.253 e. The Hall–Kier alpha value is -2.41. The fourth-order valence-electron chi connectivity index (χ4n) is 4.48. The number of rotatable bonds is 3. The lowest BCUT2D eigenvalue weighted by Crippen LogP contribution is -2.47. The van der Waals surface area contributed by atoms with Gasteiger partial charge in [0.2, 0.25) is 5.91 Å². The maximum absolute atomic E-state index is 13.1. The van der Waals surface area contributed by atoms with Crippen molar-refractivity contribution in [3.8, 4) is 0 Å². The first-order valence-electron chi connectivity index (χ1n) is 9.79. The van der Waals surface area contributed by atoms with E-state index in [-0.39, 0.29) is 23.8 Å². The van der Waals surface area contributed by atoms with Gasteiger partial charge in [-0.25, -0.2) is 0 Å². The van der Waals surface area contributed by atoms with Crippen LogP contribution in [0.25, 0.3) is 10.9 Å². The first-order chi connectivity index (χ1) is 13.1. The van der Waals surface area contributed by atoms with E-state index in [2.05, 4.69) is 17.1 Å². The number of amides is 2. The first-order valence-corrected chi connectivity index (χ1v) is 9.79. The Bertz CT molecular complexity index is 848. The van der Waals surface area contributed by atoms with Gasteiger partial charge in [-0.1, -0.05) is 0 Å². The monoisotopic (exact) mass is 369 g/mol. The van der Waals surface area contributed by atoms with Crippen LogP contribution in [0.4, 0.5) is 0 Å². The molecule has 0 aliphatic carbocycles. The summed E-state index contributed by atoms with van der Waals surface area (Å²) < 4.78 is 0. The zero-order valence-electron chi connectivity index (χ0n) is 15.7. The number of hydrogen-bond donors (Lipinski definition) is 2. The maximum atomic E-state index is 13.1. The molecular formula is C20H27N5O2. The molecule has 2 saturated heterocycles. The largest absolute Gasteiger partial charge is 0.339 e. The fraction of sp³-hybridized carbons (Fsp3) is 0.550. The number of fused-ring (bicyclic) bond motifs is 1. The number of nitrogens with two attached hydrogens (primary N) is 1. The summed E-state index contributed by atoms with van der Waals surface area (Å²) in [6.07, 6.45) is 4.40. The summed E-state index contributed by atoms with van der Waals surface area (Å²) >= 11 is 0. The molecule has 0 saturated carbocycles. The van der Waals surface area contributed by atoms with Crippen molar-refractivity contribution in [2.45, 2.75) is 32.2 Å². The standard InChI is InChI=1S/C20H27N5O2/c1-13-7-14(9-21)11-25(13)20(27)16-3-2-6-24(12-16)19(26)15-4-5-18-17(8-15)10-22-23-18/h4-5,8,10,13-14,16H,2-3,6-7,9,11-12,21H2,1H3,(H,22,23). The molecule has 7 nitrogen and oxygen atoms in total. The van der Waals surface area contributed by atoms with Gasteiger partial charge in [0.15, 0.2) is 0 Å². The zero-order chi connectivity index (χ0) is 19.0. The number of nitrogens with zero attached hydrogens (tertiary/aromatic N) is 3. The molecule has 1 aromatic carbocycles. The van der Waals surface area contributed by atoms with Crippen LogP contribution in [-0.2, 0) is 4.79 Å². The molecular weight excluding hydrogens is 342 g/mol. The van der Waals surface area contributed by atoms with Crippen LogP contribution in [0.5, 0.6) is 0 Å². The average molecular weight is 369 g/mol. The van der Waals surface area contributed by atoms with Crippen molar-refractivity contribution < 1.29 is 9.59 Å². The van der Waals surface area contributed by atoms with Crippen LogP contribution in [-0.4, -0.2) is 64.0 Å². The van der Waals surface area contributed by atoms with E-state index in [1.165, 1.54) is 0 Å². The summed E-state index contributed by atoms with van der Waals surface area (Å²) in [5.41, 5.74) is 7.36. The first kappa shape index (κ1) is 18.0. The fourth-order valence-corrected chi connectivity index (χ4v) is 4.48. The van der Waals surface area contributed by atoms with Crippen LogP contribution in [0, 0.1) is 11.8 Å². The molecule has 0 spiro atoms. The Balaban J connectivity index is 1.45. The van der Waals surface area contributed by atoms with E-state index >= 15 is 0 Å². The number of piperidine rings is 1. The van der Waals surface area contributed by atoms with Gasteiger partial charge in [0, 0.05) is 36.6 Å². The second kappa shape index (κ2) is 7.31. The van der Waals surface area contributed by atoms with E-state index in [0.29, 0.717) is 31.1 Å². The van der Waals surface area contributed by atoms with E-state index in [1.807, 2.05) is 28.0 Å². The second-order valence-corrected chi connectivity index (χ2v) is 7.94. The van der Waals surface area contributed by atoms with Crippen LogP contribution in [0.15, 0.2) is 24.4 Å². The SMILES string of the molecule is CC1CC(CN)CN1C(=O)C1CCCN(C(=O)c2ccc3[nH]ncc3c2)C1. The number of hydrogen-bond acceptors (Lipinski definition) is 4. The van der Waals surface area contributed by atoms with Gasteiger partial charge >= 0.3 is 0 Å². The van der Waals surface area contributed by atoms with E-state index < -0.39 is 0 Å². The van der Waals surface area contributed by atoms with Crippen LogP contribution in [0.3, 0.4) is 0 Å². The van der Waals surface area contributed by atoms with E-state index in [0.717, 1.165) is 36.7 Å². The van der Waals surface area contributed by atoms with E-state index in [1.54, 1.807) is 6.20 Å². The Morgan fingerprint density at radius 2 is 2.19 bits per heavy atom. The minimum Gasteiger partial charge on any atom is -0.339 e. The van der Waals surface area contributed by atoms with Crippen molar-refractivity contribution in [2.75, 3.05) is 26.2 Å². The third kappa shape index (κ3) is 3.43. The molecule has 1 aromatic heterocycles. The molecule has 2 amide bonds. The topological polar surface area (TPSA) is 95.3 Å². The number of carbonyl (C=O) groups excluding carboxylic acids is 2. The molecule has 144 valence electrons. The predicted molar refractivity (Wildman–Crippen MR) is 103 cm³/mol. The van der Waals surface area contributed by atoms with Gasteiger partial charge in [0.05, 0.1) is 17.6 Å². The van der Waals surface area contributed by atoms with Gasteiger partial charge in [-0.15, -0.1) is 0 Å². The van der Waals surface area contributed by atoms with Gasteiger partial charge in [0.25, 0.3) is 5.91 Å². The van der Waals surface area contributed by atoms with Crippen molar-refractivity contribution in [3.05, 3.63) is 30.0 Å². The van der Waals surface area contributed by atoms with Gasteiger partial charge < -0.3 is 15.5 Å². The highest BCUT2D eigenvalue weighted by molar-refractivity contribution is 5.98. The summed E-state index contributed by atoms with van der Waals surface area (Å²) in [6, 6.07) is 5.80. The van der Waals surface area contributed by atoms with Crippen molar-refractivity contribution in [1.29, 1.82) is 0 Å². The molecule has 27 heavy (non-hydrogen) atoms. The van der Waals surface area contributed by atoms with E-state index in [4.69, 9.17) is 5.73 Å². The Morgan fingerprint density at radius 3 is 2.96 bits per heavy atom. The highest BCUT2D eigenvalue weighted by Crippen LogP contribution is 2.28. The number of nitrogens with one attached hydrogen (secondary N) is 1. The molecule has 0 radical (unpaired) electrons. The molecule has 7 heteroatoms. The van der Waals surface area contributed by atoms with Crippen molar-refractivity contribution in [3.63, 3.8) is 0 Å². The molecule has 4 rings (SSSR count). The summed E-state index contributed by atoms with van der Waals surface area (Å²) in [4.78, 5) is 29.8. The number of carbonyl (C=O) groups is 2. The lowest BCUT2D eigenvalue weighted by molar-refractivity contribution is -0.137. The molecule has 3 N–H and O–H groups in total. The maximum Gasteiger partial charge on any atom is 0.253 e. The minimum absolute atomic E-state index is 0.00935. The molecule has 2 aliphatic heterocycles. The molecule has 2 fully saturated rings. The lowest BCUT2D eigenvalue weighted by atomic mass is 9.95. The molecule has 2 aliphatic rings. The highest BCUT2D eigenvalue weighted by Gasteiger charge is 2.37. The van der Waals surface area contributed by atoms with Crippen molar-refractivity contribution >= 4 is 22.7 Å². The summed E-state index contributed by atoms with van der Waals surface area (Å²) in [6.45, 7) is 4.67. The Labute approximate surface area is 158 Å². The third-order valence-corrected chi connectivity index (χ3v) is 6.02. The normalized spacial score (nSPS) is 25.9. The van der Waals surface area contributed by atoms with Crippen LogP contribution < -0.4 is 5.73 Å². The number of benzene rings is 1. The quantitative estimate of drug-likeness (QED) is 0.859. The number of aromatic amines is 1. The number of H-pyrrole nitrogens is 1. The molecule has 3 heterocycles. The van der Waals surface area contributed by atoms with Gasteiger partial charge in [-0.2, -0.15) is 5.10 Å². The Kier molecular flexibility index (Phi) is 4.86. The molecule has 3 atom stereocenters. The zero-order valence-corrected chi connectivity index (χ0v) is 15.7. The van der Waals surface area contributed by atoms with Crippen molar-refractivity contribution in [2.24, 2.45) is 17.6 Å². The second-order valence-electron chi connectivity index (χ2n) is 7.94. The van der Waals surface area contributed by atoms with E-state index in [9.17, 15) is 9.59 Å². The average Bonchev–Trinajstić information content (AvgIpc) is 3.32. The third-order valence-electron chi connectivity index (χ3n) is 6.02. The van der Waals surface area contributed by atoms with Gasteiger partial charge in [-0.05, 0) is 56.8 Å². The predicted octanol–water partition coefficient (Wildman–Crippen LogP) is 1.61. The van der Waals surface area contributed by atoms with Gasteiger partial charge in [0.1, 0.15) is 0 Å². The summed E-state index contributed by atoms with van der Waals surface area (Å²) in [7, 11) is 0. The number of likely N-dealkylation sites (tertiary alicyclic amines) is 2. The molecule has 3 unspecified atom stereocenters. The minimum atomic E-state index is -0.112. The molecule has 0 bridgehead atoms. The van der Waals surface area contributed by atoms with Crippen molar-refractivity contribution in [1.82, 2.24) is 20.0 Å². The van der Waals surface area contributed by atoms with Gasteiger partial charge in [-0.3, -0.25) is 14.7 Å².